The lowest BCUT2D eigenvalue weighted by Gasteiger charge is -2.15. The van der Waals surface area contributed by atoms with Crippen LogP contribution in [-0.4, -0.2) is 18.2 Å². The molecule has 0 heterocycles. The van der Waals surface area contributed by atoms with Crippen LogP contribution in [0.2, 0.25) is 5.02 Å². The second-order valence-corrected chi connectivity index (χ2v) is 8.74. The standard InChI is InChI=1S/C25H21BrClNO4/c1-15(2)24(29)32-23-18(14-28-21-9-7-20(27)8-10-21)12-19(26)13-22(23)31-25(30)17-6-4-5-16(3)11-17/h4-15H,1-3H3. The van der Waals surface area contributed by atoms with Crippen LogP contribution in [0, 0.1) is 12.8 Å². The largest absolute Gasteiger partial charge is 0.422 e. The van der Waals surface area contributed by atoms with Gasteiger partial charge in [-0.3, -0.25) is 9.79 Å². The highest BCUT2D eigenvalue weighted by molar-refractivity contribution is 9.10. The molecule has 0 fully saturated rings. The van der Waals surface area contributed by atoms with E-state index in [1.807, 2.05) is 13.0 Å². The van der Waals surface area contributed by atoms with E-state index in [0.29, 0.717) is 26.3 Å². The van der Waals surface area contributed by atoms with Gasteiger partial charge in [0.15, 0.2) is 11.5 Å². The third-order valence-corrected chi connectivity index (χ3v) is 5.07. The Labute approximate surface area is 200 Å². The van der Waals surface area contributed by atoms with Gasteiger partial charge in [0.1, 0.15) is 0 Å². The molecule has 3 aromatic carbocycles. The Balaban J connectivity index is 2.01. The summed E-state index contributed by atoms with van der Waals surface area (Å²) < 4.78 is 11.9. The number of ether oxygens (including phenoxy) is 2. The van der Waals surface area contributed by atoms with Crippen LogP contribution in [0.15, 0.2) is 70.1 Å². The van der Waals surface area contributed by atoms with Gasteiger partial charge in [-0.05, 0) is 55.5 Å². The average molecular weight is 515 g/mol. The molecule has 0 N–H and O–H groups in total. The zero-order valence-corrected chi connectivity index (χ0v) is 20.1. The number of carbonyl (C=O) groups is 2. The van der Waals surface area contributed by atoms with Gasteiger partial charge < -0.3 is 9.47 Å². The summed E-state index contributed by atoms with van der Waals surface area (Å²) in [5.74, 6) is -1.17. The third kappa shape index (κ3) is 6.28. The first kappa shape index (κ1) is 23.7. The summed E-state index contributed by atoms with van der Waals surface area (Å²) in [6, 6.07) is 17.3. The van der Waals surface area contributed by atoms with Gasteiger partial charge in [-0.25, -0.2) is 4.79 Å². The topological polar surface area (TPSA) is 65.0 Å². The summed E-state index contributed by atoms with van der Waals surface area (Å²) in [6.45, 7) is 5.33. The van der Waals surface area contributed by atoms with Crippen molar-refractivity contribution in [2.75, 3.05) is 0 Å². The molecule has 3 aromatic rings. The fourth-order valence-corrected chi connectivity index (χ4v) is 3.27. The number of nitrogens with zero attached hydrogens (tertiary/aromatic N) is 1. The minimum absolute atomic E-state index is 0.109. The predicted molar refractivity (Wildman–Crippen MR) is 129 cm³/mol. The van der Waals surface area contributed by atoms with Crippen molar-refractivity contribution in [2.24, 2.45) is 10.9 Å². The monoisotopic (exact) mass is 513 g/mol. The van der Waals surface area contributed by atoms with Gasteiger partial charge in [-0.2, -0.15) is 0 Å². The number of aliphatic imine (C=N–C) groups is 1. The van der Waals surface area contributed by atoms with Crippen LogP contribution in [-0.2, 0) is 4.79 Å². The highest BCUT2D eigenvalue weighted by Gasteiger charge is 2.21. The Morgan fingerprint density at radius 2 is 1.75 bits per heavy atom. The van der Waals surface area contributed by atoms with Crippen molar-refractivity contribution in [3.8, 4) is 11.5 Å². The molecule has 0 saturated carbocycles. The summed E-state index contributed by atoms with van der Waals surface area (Å²) in [7, 11) is 0. The number of aryl methyl sites for hydroxylation is 1. The molecule has 0 bridgehead atoms. The van der Waals surface area contributed by atoms with Gasteiger partial charge in [0, 0.05) is 21.3 Å². The molecule has 32 heavy (non-hydrogen) atoms. The SMILES string of the molecule is Cc1cccc(C(=O)Oc2cc(Br)cc(C=Nc3ccc(Cl)cc3)c2OC(=O)C(C)C)c1. The lowest BCUT2D eigenvalue weighted by Crippen LogP contribution is -2.17. The molecule has 164 valence electrons. The smallest absolute Gasteiger partial charge is 0.343 e. The molecule has 3 rings (SSSR count). The average Bonchev–Trinajstić information content (AvgIpc) is 2.75. The zero-order valence-electron chi connectivity index (χ0n) is 17.8. The first-order valence-electron chi connectivity index (χ1n) is 9.86. The van der Waals surface area contributed by atoms with E-state index < -0.39 is 11.9 Å². The number of benzene rings is 3. The second kappa shape index (κ2) is 10.6. The Kier molecular flexibility index (Phi) is 7.83. The maximum atomic E-state index is 12.7. The number of esters is 2. The molecule has 0 saturated heterocycles. The predicted octanol–water partition coefficient (Wildman–Crippen LogP) is 6.94. The van der Waals surface area contributed by atoms with Gasteiger partial charge in [-0.1, -0.05) is 59.1 Å². The van der Waals surface area contributed by atoms with Gasteiger partial charge in [-0.15, -0.1) is 0 Å². The number of halogens is 2. The molecule has 0 unspecified atom stereocenters. The Morgan fingerprint density at radius 3 is 2.41 bits per heavy atom. The van der Waals surface area contributed by atoms with Crippen LogP contribution in [0.3, 0.4) is 0 Å². The first-order valence-corrected chi connectivity index (χ1v) is 11.0. The van der Waals surface area contributed by atoms with Crippen LogP contribution in [0.5, 0.6) is 11.5 Å². The minimum Gasteiger partial charge on any atom is -0.422 e. The van der Waals surface area contributed by atoms with E-state index in [2.05, 4.69) is 20.9 Å². The molecular weight excluding hydrogens is 494 g/mol. The normalized spacial score (nSPS) is 11.1. The lowest BCUT2D eigenvalue weighted by atomic mass is 10.1. The van der Waals surface area contributed by atoms with Crippen LogP contribution < -0.4 is 9.47 Å². The Morgan fingerprint density at radius 1 is 1.03 bits per heavy atom. The van der Waals surface area contributed by atoms with Crippen molar-refractivity contribution >= 4 is 51.4 Å². The molecule has 0 amide bonds. The maximum absolute atomic E-state index is 12.7. The highest BCUT2D eigenvalue weighted by atomic mass is 79.9. The van der Waals surface area contributed by atoms with Crippen molar-refractivity contribution in [2.45, 2.75) is 20.8 Å². The van der Waals surface area contributed by atoms with Gasteiger partial charge in [0.2, 0.25) is 0 Å². The zero-order chi connectivity index (χ0) is 23.3. The van der Waals surface area contributed by atoms with Crippen molar-refractivity contribution in [3.63, 3.8) is 0 Å². The van der Waals surface area contributed by atoms with Crippen LogP contribution in [0.25, 0.3) is 0 Å². The summed E-state index contributed by atoms with van der Waals surface area (Å²) in [5.41, 5.74) is 2.45. The fraction of sp³-hybridized carbons (Fsp3) is 0.160. The van der Waals surface area contributed by atoms with E-state index in [1.54, 1.807) is 74.7 Å². The summed E-state index contributed by atoms with van der Waals surface area (Å²) in [5, 5.41) is 0.600. The van der Waals surface area contributed by atoms with E-state index in [-0.39, 0.29) is 17.4 Å². The van der Waals surface area contributed by atoms with E-state index in [9.17, 15) is 9.59 Å². The molecule has 0 aliphatic heterocycles. The van der Waals surface area contributed by atoms with E-state index >= 15 is 0 Å². The molecule has 0 spiro atoms. The summed E-state index contributed by atoms with van der Waals surface area (Å²) in [4.78, 5) is 29.6. The first-order chi connectivity index (χ1) is 15.2. The lowest BCUT2D eigenvalue weighted by molar-refractivity contribution is -0.137. The molecule has 7 heteroatoms. The fourth-order valence-electron chi connectivity index (χ4n) is 2.69. The van der Waals surface area contributed by atoms with Gasteiger partial charge in [0.05, 0.1) is 17.2 Å². The summed E-state index contributed by atoms with van der Waals surface area (Å²) in [6.07, 6.45) is 1.54. The third-order valence-electron chi connectivity index (χ3n) is 4.36. The van der Waals surface area contributed by atoms with Crippen molar-refractivity contribution < 1.29 is 19.1 Å². The molecule has 5 nitrogen and oxygen atoms in total. The maximum Gasteiger partial charge on any atom is 0.343 e. The van der Waals surface area contributed by atoms with Gasteiger partial charge >= 0.3 is 11.9 Å². The highest BCUT2D eigenvalue weighted by Crippen LogP contribution is 2.36. The molecular formula is C25H21BrClNO4. The molecule has 0 atom stereocenters. The van der Waals surface area contributed by atoms with Crippen molar-refractivity contribution in [3.05, 3.63) is 86.8 Å². The molecule has 0 aliphatic carbocycles. The molecule has 0 aromatic heterocycles. The number of rotatable bonds is 6. The molecule has 0 aliphatic rings. The number of hydrogen-bond acceptors (Lipinski definition) is 5. The quantitative estimate of drug-likeness (QED) is 0.203. The van der Waals surface area contributed by atoms with E-state index in [1.165, 1.54) is 0 Å². The van der Waals surface area contributed by atoms with Crippen molar-refractivity contribution in [1.82, 2.24) is 0 Å². The second-order valence-electron chi connectivity index (χ2n) is 7.39. The van der Waals surface area contributed by atoms with Gasteiger partial charge in [0.25, 0.3) is 0 Å². The Hall–Kier alpha value is -2.96. The van der Waals surface area contributed by atoms with E-state index in [0.717, 1.165) is 5.56 Å². The van der Waals surface area contributed by atoms with E-state index in [4.69, 9.17) is 21.1 Å². The summed E-state index contributed by atoms with van der Waals surface area (Å²) >= 11 is 9.35. The van der Waals surface area contributed by atoms with Crippen LogP contribution in [0.1, 0.15) is 35.3 Å². The molecule has 0 radical (unpaired) electrons. The van der Waals surface area contributed by atoms with Crippen LogP contribution >= 0.6 is 27.5 Å². The van der Waals surface area contributed by atoms with Crippen LogP contribution in [0.4, 0.5) is 5.69 Å². The number of carbonyl (C=O) groups excluding carboxylic acids is 2. The minimum atomic E-state index is -0.561. The Bertz CT molecular complexity index is 1170. The van der Waals surface area contributed by atoms with Crippen molar-refractivity contribution in [1.29, 1.82) is 0 Å². The number of hydrogen-bond donors (Lipinski definition) is 0.